The van der Waals surface area contributed by atoms with Crippen molar-refractivity contribution in [1.29, 1.82) is 0 Å². The van der Waals surface area contributed by atoms with E-state index in [-0.39, 0.29) is 11.4 Å². The predicted octanol–water partition coefficient (Wildman–Crippen LogP) is -0.726. The third-order valence-electron chi connectivity index (χ3n) is 1.62. The van der Waals surface area contributed by atoms with Crippen molar-refractivity contribution in [1.82, 2.24) is 14.7 Å². The van der Waals surface area contributed by atoms with Crippen LogP contribution < -0.4 is 11.2 Å². The van der Waals surface area contributed by atoms with Crippen molar-refractivity contribution < 1.29 is 5.21 Å². The largest absolute Gasteiger partial charge is 0.427 e. The average Bonchev–Trinajstić information content (AvgIpc) is 2.07. The van der Waals surface area contributed by atoms with Gasteiger partial charge in [0.25, 0.3) is 5.56 Å². The Morgan fingerprint density at radius 2 is 2.23 bits per heavy atom. The lowest BCUT2D eigenvalue weighted by Gasteiger charge is -2.04. The molecule has 0 unspecified atom stereocenters. The van der Waals surface area contributed by atoms with E-state index in [9.17, 15) is 14.8 Å². The number of fused-ring (bicyclic) bond motifs is 1. The summed E-state index contributed by atoms with van der Waals surface area (Å²) in [6, 6.07) is 2.94. The summed E-state index contributed by atoms with van der Waals surface area (Å²) in [5, 5.41) is 9.18. The van der Waals surface area contributed by atoms with Crippen molar-refractivity contribution in [2.75, 3.05) is 0 Å². The molecule has 0 aromatic rings. The number of pyridine rings is 1. The van der Waals surface area contributed by atoms with E-state index >= 15 is 0 Å². The molecule has 2 heterocycles. The Kier molecular flexibility index (Phi) is 1.42. The molecule has 0 radical (unpaired) electrons. The molecule has 2 N–H and O–H groups in total. The Morgan fingerprint density at radius 3 is 3.00 bits per heavy atom. The van der Waals surface area contributed by atoms with Crippen LogP contribution in [0.4, 0.5) is 0 Å². The molecule has 13 heavy (non-hydrogen) atoms. The second-order valence-electron chi connectivity index (χ2n) is 2.46. The number of aromatic amines is 1. The van der Waals surface area contributed by atoms with Gasteiger partial charge in [-0.3, -0.25) is 9.78 Å². The fourth-order valence-electron chi connectivity index (χ4n) is 1.07. The van der Waals surface area contributed by atoms with Gasteiger partial charge in [-0.15, -0.1) is 0 Å². The highest BCUT2D eigenvalue weighted by Gasteiger charge is 2.11. The van der Waals surface area contributed by atoms with Crippen molar-refractivity contribution in [3.63, 3.8) is 0 Å². The molecule has 0 amide bonds. The lowest BCUT2D eigenvalue weighted by atomic mass is 10.2. The molecule has 2 aliphatic heterocycles. The molecule has 0 saturated heterocycles. The van der Waals surface area contributed by atoms with Crippen LogP contribution in [0.1, 0.15) is 0 Å². The molecule has 0 saturated carbocycles. The van der Waals surface area contributed by atoms with E-state index < -0.39 is 11.2 Å². The van der Waals surface area contributed by atoms with Crippen LogP contribution in [0.2, 0.25) is 0 Å². The maximum Gasteiger partial charge on any atom is 0.349 e. The molecule has 0 bridgehead atoms. The van der Waals surface area contributed by atoms with Crippen molar-refractivity contribution in [3.8, 4) is 11.4 Å². The molecule has 6 heteroatoms. The van der Waals surface area contributed by atoms with Crippen molar-refractivity contribution in [3.05, 3.63) is 39.2 Å². The first kappa shape index (κ1) is 7.53. The van der Waals surface area contributed by atoms with Gasteiger partial charge in [0.05, 0.1) is 5.56 Å². The van der Waals surface area contributed by atoms with Crippen LogP contribution in [0.15, 0.2) is 27.9 Å². The summed E-state index contributed by atoms with van der Waals surface area (Å²) in [4.78, 5) is 27.3. The molecule has 0 aliphatic carbocycles. The second-order valence-corrected chi connectivity index (χ2v) is 2.46. The first-order chi connectivity index (χ1) is 6.18. The van der Waals surface area contributed by atoms with Crippen LogP contribution >= 0.6 is 0 Å². The normalized spacial score (nSPS) is 10.5. The van der Waals surface area contributed by atoms with Crippen LogP contribution in [0, 0.1) is 0 Å². The van der Waals surface area contributed by atoms with Gasteiger partial charge >= 0.3 is 5.69 Å². The lowest BCUT2D eigenvalue weighted by Crippen LogP contribution is -2.26. The number of nitrogens with zero attached hydrogens (tertiary/aromatic N) is 2. The van der Waals surface area contributed by atoms with Crippen LogP contribution in [0.25, 0.3) is 11.4 Å². The molecule has 2 aliphatic rings. The Hall–Kier alpha value is -2.11. The number of H-pyrrole nitrogens is 1. The Bertz CT molecular complexity index is 527. The zero-order chi connectivity index (χ0) is 9.42. The molecule has 2 rings (SSSR count). The maximum atomic E-state index is 11.1. The highest BCUT2D eigenvalue weighted by Crippen LogP contribution is 2.09. The number of aromatic nitrogens is 3. The number of hydrogen-bond acceptors (Lipinski definition) is 4. The minimum absolute atomic E-state index is 0.0451. The fraction of sp³-hybridized carbons (Fsp3) is 0. The van der Waals surface area contributed by atoms with E-state index in [0.29, 0.717) is 4.73 Å². The van der Waals surface area contributed by atoms with Crippen molar-refractivity contribution in [2.24, 2.45) is 0 Å². The number of rotatable bonds is 0. The quantitative estimate of drug-likeness (QED) is 0.522. The van der Waals surface area contributed by atoms with Gasteiger partial charge in [0.15, 0.2) is 5.82 Å². The Morgan fingerprint density at radius 1 is 1.46 bits per heavy atom. The highest BCUT2D eigenvalue weighted by atomic mass is 16.5. The molecule has 0 aromatic heterocycles. The summed E-state index contributed by atoms with van der Waals surface area (Å²) in [5.41, 5.74) is -1.16. The SMILES string of the molecule is O=c1nc2n(O)cccc-2c(=O)[nH]1. The number of hydrogen-bond donors (Lipinski definition) is 2. The summed E-state index contributed by atoms with van der Waals surface area (Å²) in [5.74, 6) is -0.0451. The van der Waals surface area contributed by atoms with Crippen LogP contribution in [0.5, 0.6) is 0 Å². The van der Waals surface area contributed by atoms with E-state index in [1.807, 2.05) is 4.98 Å². The summed E-state index contributed by atoms with van der Waals surface area (Å²) < 4.78 is 0.631. The first-order valence-corrected chi connectivity index (χ1v) is 3.49. The predicted molar refractivity (Wildman–Crippen MR) is 42.9 cm³/mol. The van der Waals surface area contributed by atoms with E-state index in [0.717, 1.165) is 0 Å². The molecule has 0 atom stereocenters. The average molecular weight is 179 g/mol. The second kappa shape index (κ2) is 2.44. The summed E-state index contributed by atoms with van der Waals surface area (Å²) in [6.07, 6.45) is 1.29. The van der Waals surface area contributed by atoms with Gasteiger partial charge in [-0.25, -0.2) is 4.79 Å². The van der Waals surface area contributed by atoms with Gasteiger partial charge in [-0.1, -0.05) is 0 Å². The monoisotopic (exact) mass is 179 g/mol. The van der Waals surface area contributed by atoms with E-state index in [1.165, 1.54) is 18.3 Å². The minimum Gasteiger partial charge on any atom is -0.427 e. The van der Waals surface area contributed by atoms with E-state index in [4.69, 9.17) is 0 Å². The zero-order valence-electron chi connectivity index (χ0n) is 6.39. The minimum atomic E-state index is -0.772. The number of nitrogens with one attached hydrogen (secondary N) is 1. The standard InChI is InChI=1S/C7H5N3O3/c11-6-4-2-1-3-10(13)5(4)8-7(12)9-6/h1-3,13H,(H,9,11,12). The first-order valence-electron chi connectivity index (χ1n) is 3.49. The summed E-state index contributed by atoms with van der Waals surface area (Å²) in [7, 11) is 0. The molecule has 0 aromatic carbocycles. The van der Waals surface area contributed by atoms with Gasteiger partial charge in [-0.2, -0.15) is 9.71 Å². The molecular weight excluding hydrogens is 174 g/mol. The van der Waals surface area contributed by atoms with Crippen molar-refractivity contribution >= 4 is 0 Å². The molecule has 66 valence electrons. The molecule has 0 spiro atoms. The van der Waals surface area contributed by atoms with Crippen molar-refractivity contribution in [2.45, 2.75) is 0 Å². The van der Waals surface area contributed by atoms with Crippen LogP contribution in [-0.2, 0) is 0 Å². The summed E-state index contributed by atoms with van der Waals surface area (Å²) >= 11 is 0. The van der Waals surface area contributed by atoms with Gasteiger partial charge in [-0.05, 0) is 12.1 Å². The summed E-state index contributed by atoms with van der Waals surface area (Å²) in [6.45, 7) is 0. The smallest absolute Gasteiger partial charge is 0.349 e. The third-order valence-corrected chi connectivity index (χ3v) is 1.62. The molecule has 0 fully saturated rings. The highest BCUT2D eigenvalue weighted by molar-refractivity contribution is 5.53. The third kappa shape index (κ3) is 1.08. The van der Waals surface area contributed by atoms with E-state index in [2.05, 4.69) is 4.98 Å². The van der Waals surface area contributed by atoms with Crippen LogP contribution in [-0.4, -0.2) is 19.9 Å². The van der Waals surface area contributed by atoms with E-state index in [1.54, 1.807) is 0 Å². The topological polar surface area (TPSA) is 88.0 Å². The van der Waals surface area contributed by atoms with Crippen LogP contribution in [0.3, 0.4) is 0 Å². The maximum absolute atomic E-state index is 11.1. The van der Waals surface area contributed by atoms with Gasteiger partial charge in [0, 0.05) is 6.20 Å². The van der Waals surface area contributed by atoms with Gasteiger partial charge in [0.2, 0.25) is 0 Å². The van der Waals surface area contributed by atoms with Gasteiger partial charge < -0.3 is 5.21 Å². The molecular formula is C7H5N3O3. The van der Waals surface area contributed by atoms with Gasteiger partial charge in [0.1, 0.15) is 0 Å². The Balaban J connectivity index is 3.01. The fourth-order valence-corrected chi connectivity index (χ4v) is 1.07. The Labute approximate surface area is 71.4 Å². The molecule has 6 nitrogen and oxygen atoms in total. The lowest BCUT2D eigenvalue weighted by molar-refractivity contribution is 0.186. The zero-order valence-corrected chi connectivity index (χ0v) is 6.39.